The summed E-state index contributed by atoms with van der Waals surface area (Å²) in [6.07, 6.45) is 12.5. The van der Waals surface area contributed by atoms with Gasteiger partial charge in [0.15, 0.2) is 5.75 Å². The van der Waals surface area contributed by atoms with Gasteiger partial charge in [0.05, 0.1) is 18.0 Å². The van der Waals surface area contributed by atoms with Crippen LogP contribution in [0.5, 0.6) is 17.5 Å². The number of carbonyl (C=O) groups excluding carboxylic acids is 3. The summed E-state index contributed by atoms with van der Waals surface area (Å²) >= 11 is 0. The molecule has 3 amide bonds. The van der Waals surface area contributed by atoms with Crippen molar-refractivity contribution in [3.63, 3.8) is 0 Å². The average Bonchev–Trinajstić information content (AvgIpc) is 4.09. The Balaban J connectivity index is 0.808. The highest BCUT2D eigenvalue weighted by atomic mass is 16.5. The number of hydrogen-bond donors (Lipinski definition) is 6. The topological polar surface area (TPSA) is 218 Å². The van der Waals surface area contributed by atoms with Gasteiger partial charge < -0.3 is 45.8 Å². The highest BCUT2D eigenvalue weighted by Gasteiger charge is 2.45. The molecule has 4 saturated heterocycles. The lowest BCUT2D eigenvalue weighted by Crippen LogP contribution is -2.59. The van der Waals surface area contributed by atoms with E-state index in [4.69, 9.17) is 26.1 Å². The number of ether oxygens (including phenoxy) is 1. The minimum Gasteiger partial charge on any atom is -0.508 e. The van der Waals surface area contributed by atoms with Crippen molar-refractivity contribution >= 4 is 57.0 Å². The number of carbonyl (C=O) groups is 3. The fourth-order valence-corrected chi connectivity index (χ4v) is 11.2. The van der Waals surface area contributed by atoms with Crippen molar-refractivity contribution in [1.82, 2.24) is 40.7 Å². The number of allylic oxidation sites excluding steroid dienone is 2. The molecule has 0 radical (unpaired) electrons. The fourth-order valence-electron chi connectivity index (χ4n) is 11.2. The Kier molecular flexibility index (Phi) is 13.6. The zero-order valence-electron chi connectivity index (χ0n) is 42.1. The molecule has 3 unspecified atom stereocenters. The number of aliphatic hydroxyl groups is 1. The van der Waals surface area contributed by atoms with Crippen molar-refractivity contribution in [3.8, 4) is 41.1 Å². The number of piperazine rings is 1. The number of amides is 3. The maximum atomic E-state index is 14.3. The van der Waals surface area contributed by atoms with Crippen LogP contribution in [0.1, 0.15) is 88.5 Å². The Hall–Kier alpha value is -7.13. The number of β-amino-alcohol motifs (C(OH)–C–C–N with tert-alkyl or cyclic N) is 1. The number of aliphatic imine (C=N–C) groups is 1. The number of benzene rings is 3. The monoisotopic (exact) mass is 988 g/mol. The number of terminal acetylenes is 1. The molecule has 5 atom stereocenters. The average molecular weight is 989 g/mol. The number of nitrogens with zero attached hydrogens (tertiary/aromatic N) is 7. The summed E-state index contributed by atoms with van der Waals surface area (Å²) in [5, 5.41) is 45.3. The van der Waals surface area contributed by atoms with Crippen LogP contribution in [0.4, 0.5) is 5.82 Å². The van der Waals surface area contributed by atoms with Gasteiger partial charge in [-0.1, -0.05) is 63.1 Å². The summed E-state index contributed by atoms with van der Waals surface area (Å²) in [4.78, 5) is 66.4. The Bertz CT molecular complexity index is 3090. The number of rotatable bonds is 12. The highest BCUT2D eigenvalue weighted by Crippen LogP contribution is 2.43. The van der Waals surface area contributed by atoms with Crippen LogP contribution in [0.3, 0.4) is 0 Å². The lowest BCUT2D eigenvalue weighted by atomic mass is 9.85. The molecule has 380 valence electrons. The minimum atomic E-state index is -0.960. The molecule has 73 heavy (non-hydrogen) atoms. The van der Waals surface area contributed by atoms with Crippen LogP contribution in [0.15, 0.2) is 65.4 Å². The molecule has 6 N–H and O–H groups in total. The zero-order valence-corrected chi connectivity index (χ0v) is 42.1. The van der Waals surface area contributed by atoms with Crippen LogP contribution < -0.4 is 25.6 Å². The number of aryl methyl sites for hydroxylation is 1. The third-order valence-corrected chi connectivity index (χ3v) is 15.1. The molecule has 0 spiro atoms. The number of aromatic nitrogens is 3. The van der Waals surface area contributed by atoms with E-state index >= 15 is 0 Å². The van der Waals surface area contributed by atoms with Gasteiger partial charge in [0.1, 0.15) is 41.0 Å². The number of pyridine rings is 1. The van der Waals surface area contributed by atoms with Crippen LogP contribution in [-0.2, 0) is 20.9 Å². The minimum absolute atomic E-state index is 0.00101. The van der Waals surface area contributed by atoms with Crippen molar-refractivity contribution in [2.75, 3.05) is 44.2 Å². The summed E-state index contributed by atoms with van der Waals surface area (Å²) in [5.74, 6) is 2.11. The second-order valence-electron chi connectivity index (χ2n) is 21.4. The summed E-state index contributed by atoms with van der Waals surface area (Å²) in [6, 6.07) is 13.8. The first kappa shape index (κ1) is 49.4. The lowest BCUT2D eigenvalue weighted by Gasteiger charge is -2.36. The van der Waals surface area contributed by atoms with Crippen LogP contribution in [0, 0.1) is 24.7 Å². The first-order valence-corrected chi connectivity index (χ1v) is 25.4. The molecular weight excluding hydrogens is 925 g/mol. The van der Waals surface area contributed by atoms with Gasteiger partial charge in [-0.15, -0.1) is 6.42 Å². The van der Waals surface area contributed by atoms with Crippen molar-refractivity contribution in [2.24, 2.45) is 10.4 Å². The molecule has 3 aromatic carbocycles. The Morgan fingerprint density at radius 1 is 0.973 bits per heavy atom. The Morgan fingerprint density at radius 3 is 2.40 bits per heavy atom. The Morgan fingerprint density at radius 2 is 1.71 bits per heavy atom. The van der Waals surface area contributed by atoms with E-state index in [9.17, 15) is 29.7 Å². The van der Waals surface area contributed by atoms with E-state index in [1.807, 2.05) is 82.1 Å². The van der Waals surface area contributed by atoms with E-state index in [0.717, 1.165) is 54.7 Å². The first-order chi connectivity index (χ1) is 35.0. The molecule has 5 aromatic rings. The van der Waals surface area contributed by atoms with Gasteiger partial charge in [-0.25, -0.2) is 0 Å². The number of aliphatic hydroxyl groups excluding tert-OH is 1. The molecule has 4 fully saturated rings. The fraction of sp³-hybridized carbons (Fsp3) is 0.446. The highest BCUT2D eigenvalue weighted by molar-refractivity contribution is 6.05. The van der Waals surface area contributed by atoms with E-state index in [-0.39, 0.29) is 72.7 Å². The van der Waals surface area contributed by atoms with Gasteiger partial charge in [-0.3, -0.25) is 29.3 Å². The Labute approximate surface area is 425 Å². The van der Waals surface area contributed by atoms with Gasteiger partial charge in [-0.05, 0) is 84.7 Å². The summed E-state index contributed by atoms with van der Waals surface area (Å²) in [6.45, 7) is 12.3. The van der Waals surface area contributed by atoms with E-state index < -0.39 is 29.5 Å². The van der Waals surface area contributed by atoms with E-state index in [1.165, 1.54) is 10.5 Å². The molecule has 0 saturated carbocycles. The van der Waals surface area contributed by atoms with Crippen LogP contribution >= 0.6 is 0 Å². The van der Waals surface area contributed by atoms with Gasteiger partial charge in [0, 0.05) is 98.8 Å². The normalized spacial score (nSPS) is 21.8. The molecule has 5 aliphatic heterocycles. The smallest absolute Gasteiger partial charge is 0.319 e. The van der Waals surface area contributed by atoms with E-state index in [0.29, 0.717) is 71.1 Å². The summed E-state index contributed by atoms with van der Waals surface area (Å²) in [7, 11) is 0. The molecule has 7 heterocycles. The lowest BCUT2D eigenvalue weighted by molar-refractivity contribution is -0.144. The van der Waals surface area contributed by atoms with Gasteiger partial charge >= 0.3 is 6.01 Å². The number of nitrogens with one attached hydrogen (secondary N) is 3. The third-order valence-electron chi connectivity index (χ3n) is 15.1. The number of aromatic hydroxyl groups is 2. The van der Waals surface area contributed by atoms with Crippen LogP contribution in [0.2, 0.25) is 0 Å². The maximum Gasteiger partial charge on any atom is 0.319 e. The van der Waals surface area contributed by atoms with Crippen molar-refractivity contribution in [3.05, 3.63) is 82.7 Å². The molecular formula is C56H64N10O7. The molecule has 10 rings (SSSR count). The number of likely N-dealkylation sites (tertiary alicyclic amines) is 2. The van der Waals surface area contributed by atoms with E-state index in [1.54, 1.807) is 18.3 Å². The van der Waals surface area contributed by atoms with Gasteiger partial charge in [0.25, 0.3) is 0 Å². The number of phenols is 1. The van der Waals surface area contributed by atoms with Crippen molar-refractivity contribution in [1.29, 1.82) is 0 Å². The quantitative estimate of drug-likeness (QED) is 0.0872. The van der Waals surface area contributed by atoms with Crippen LogP contribution in [0.25, 0.3) is 38.5 Å². The van der Waals surface area contributed by atoms with Gasteiger partial charge in [-0.2, -0.15) is 9.97 Å². The predicted octanol–water partition coefficient (Wildman–Crippen LogP) is 5.34. The predicted molar refractivity (Wildman–Crippen MR) is 280 cm³/mol. The molecule has 2 aromatic heterocycles. The molecule has 17 heteroatoms. The van der Waals surface area contributed by atoms with E-state index in [2.05, 4.69) is 31.8 Å². The molecule has 5 aliphatic rings. The SMILES string of the molecule is C#Cc1c(C)ccc2cc(O)cc(-c3ncc4c(N5CC6CCC(C5)N6)nc(OC5CCN(CC(=O)NC(C(=O)N6C[C@H](O)C[C@H]6C(=O)NCc6ccc(C7=C(C)N=CC7)cc6)C(C)(C)C)CC5)nc4c3O)c12. The largest absolute Gasteiger partial charge is 0.508 e. The summed E-state index contributed by atoms with van der Waals surface area (Å²) < 4.78 is 6.57. The molecule has 17 nitrogen and oxygen atoms in total. The van der Waals surface area contributed by atoms with Crippen molar-refractivity contribution < 1.29 is 34.4 Å². The second kappa shape index (κ2) is 20.1. The van der Waals surface area contributed by atoms with Gasteiger partial charge in [0.2, 0.25) is 17.7 Å². The van der Waals surface area contributed by atoms with Crippen molar-refractivity contribution in [2.45, 2.75) is 116 Å². The maximum absolute atomic E-state index is 14.3. The zero-order chi connectivity index (χ0) is 51.3. The standard InChI is InChI=1S/C56H64N10O7/c1-7-41-31(2)8-11-35-22-38(67)23-43(47(35)41)48-50(70)49-44(26-58-48)52(65-27-36-14-15-37(28-65)60-36)63-55(62-49)73-40-17-20-64(21-18-40)30-46(69)61-51(56(4,5)6)54(72)66-29-39(68)24-45(66)53(71)59-25-33-9-12-34(13-10-33)42-16-19-57-32(42)3/h1,8-13,19,22-23,26,36-37,39-40,45,51,60,67-68,70H,14-18,20-21,24-25,27-30H2,2-6H3,(H,59,71)(H,61,69)/t36?,37?,39-,45+,51?/m1/s1. The number of fused-ring (bicyclic) bond motifs is 4. The second-order valence-corrected chi connectivity index (χ2v) is 21.4. The third kappa shape index (κ3) is 10.2. The molecule has 2 bridgehead atoms. The number of hydrogen-bond acceptors (Lipinski definition) is 14. The van der Waals surface area contributed by atoms with Crippen LogP contribution in [-0.4, -0.2) is 140 Å². The number of anilines is 1. The summed E-state index contributed by atoms with van der Waals surface area (Å²) in [5.41, 5.74) is 5.91. The number of phenolic OH excluding ortho intramolecular Hbond substituents is 1. The first-order valence-electron chi connectivity index (χ1n) is 25.4. The number of piperidine rings is 1. The molecule has 0 aliphatic carbocycles.